The van der Waals surface area contributed by atoms with Crippen molar-refractivity contribution >= 4 is 23.5 Å². The fourth-order valence-electron chi connectivity index (χ4n) is 2.87. The van der Waals surface area contributed by atoms with Crippen molar-refractivity contribution in [1.29, 1.82) is 0 Å². The molecular weight excluding hydrogens is 296 g/mol. The molecule has 1 aliphatic rings. The minimum absolute atomic E-state index is 0.0414. The number of carbonyl (C=O) groups excluding carboxylic acids is 2. The van der Waals surface area contributed by atoms with Crippen LogP contribution in [-0.2, 0) is 14.4 Å². The van der Waals surface area contributed by atoms with Crippen LogP contribution in [0.1, 0.15) is 37.7 Å². The van der Waals surface area contributed by atoms with Crippen LogP contribution in [0, 0.1) is 12.3 Å². The van der Waals surface area contributed by atoms with E-state index in [-0.39, 0.29) is 25.3 Å². The number of hydrogen-bond acceptors (Lipinski definition) is 3. The zero-order valence-corrected chi connectivity index (χ0v) is 13.2. The number of benzene rings is 1. The summed E-state index contributed by atoms with van der Waals surface area (Å²) in [5.41, 5.74) is 5.88. The van der Waals surface area contributed by atoms with Gasteiger partial charge in [0.1, 0.15) is 0 Å². The number of rotatable bonds is 7. The molecule has 0 bridgehead atoms. The van der Waals surface area contributed by atoms with Crippen molar-refractivity contribution in [3.8, 4) is 0 Å². The van der Waals surface area contributed by atoms with Gasteiger partial charge in [-0.3, -0.25) is 14.4 Å². The Hall–Kier alpha value is -2.37. The first-order valence-electron chi connectivity index (χ1n) is 7.73. The quantitative estimate of drug-likeness (QED) is 0.801. The molecule has 1 saturated carbocycles. The van der Waals surface area contributed by atoms with E-state index < -0.39 is 17.3 Å². The summed E-state index contributed by atoms with van der Waals surface area (Å²) in [7, 11) is 0. The summed E-state index contributed by atoms with van der Waals surface area (Å²) in [4.78, 5) is 36.7. The summed E-state index contributed by atoms with van der Waals surface area (Å²) in [5.74, 6) is -1.69. The molecular formula is C17H22N2O4. The standard InChI is InChI=1S/C17H22N2O4/c1-12-4-2-5-13(10-12)19(9-6-14(18)20)15(21)11-17(16(22)23)7-3-8-17/h2,4-5,10H,3,6-9,11H2,1H3,(H2,18,20)(H,22,23). The van der Waals surface area contributed by atoms with E-state index in [1.807, 2.05) is 25.1 Å². The maximum atomic E-state index is 12.7. The summed E-state index contributed by atoms with van der Waals surface area (Å²) in [5, 5.41) is 9.40. The second-order valence-corrected chi connectivity index (χ2v) is 6.22. The van der Waals surface area contributed by atoms with Crippen LogP contribution in [0.3, 0.4) is 0 Å². The average molecular weight is 318 g/mol. The second-order valence-electron chi connectivity index (χ2n) is 6.22. The fraction of sp³-hybridized carbons (Fsp3) is 0.471. The third kappa shape index (κ3) is 3.88. The van der Waals surface area contributed by atoms with Gasteiger partial charge in [-0.15, -0.1) is 0 Å². The molecule has 0 heterocycles. The first-order valence-corrected chi connectivity index (χ1v) is 7.73. The van der Waals surface area contributed by atoms with Crippen LogP contribution in [0.2, 0.25) is 0 Å². The molecule has 3 N–H and O–H groups in total. The Morgan fingerprint density at radius 1 is 1.30 bits per heavy atom. The molecule has 0 radical (unpaired) electrons. The van der Waals surface area contributed by atoms with Crippen molar-refractivity contribution in [2.24, 2.45) is 11.1 Å². The summed E-state index contributed by atoms with van der Waals surface area (Å²) in [6.07, 6.45) is 1.86. The van der Waals surface area contributed by atoms with Gasteiger partial charge in [0.25, 0.3) is 0 Å². The largest absolute Gasteiger partial charge is 0.481 e. The Bertz CT molecular complexity index is 623. The molecule has 0 spiro atoms. The van der Waals surface area contributed by atoms with Crippen LogP contribution >= 0.6 is 0 Å². The highest BCUT2D eigenvalue weighted by molar-refractivity contribution is 5.97. The average Bonchev–Trinajstić information content (AvgIpc) is 2.42. The number of carboxylic acid groups (broad SMARTS) is 1. The molecule has 6 nitrogen and oxygen atoms in total. The number of carboxylic acids is 1. The maximum Gasteiger partial charge on any atom is 0.310 e. The number of anilines is 1. The molecule has 1 fully saturated rings. The fourth-order valence-corrected chi connectivity index (χ4v) is 2.87. The van der Waals surface area contributed by atoms with Gasteiger partial charge in [0.15, 0.2) is 0 Å². The first kappa shape index (κ1) is 17.0. The van der Waals surface area contributed by atoms with Crippen molar-refractivity contribution in [2.75, 3.05) is 11.4 Å². The normalized spacial score (nSPS) is 15.5. The number of primary amides is 1. The third-order valence-corrected chi connectivity index (χ3v) is 4.45. The molecule has 0 saturated heterocycles. The highest BCUT2D eigenvalue weighted by Crippen LogP contribution is 2.44. The number of hydrogen-bond donors (Lipinski definition) is 2. The Morgan fingerprint density at radius 3 is 2.48 bits per heavy atom. The van der Waals surface area contributed by atoms with Gasteiger partial charge in [0.05, 0.1) is 5.41 Å². The van der Waals surface area contributed by atoms with E-state index in [9.17, 15) is 19.5 Å². The topological polar surface area (TPSA) is 101 Å². The minimum Gasteiger partial charge on any atom is -0.481 e. The number of nitrogens with zero attached hydrogens (tertiary/aromatic N) is 1. The lowest BCUT2D eigenvalue weighted by atomic mass is 9.66. The van der Waals surface area contributed by atoms with Gasteiger partial charge in [0, 0.05) is 25.1 Å². The molecule has 2 amide bonds. The lowest BCUT2D eigenvalue weighted by Crippen LogP contribution is -2.44. The smallest absolute Gasteiger partial charge is 0.310 e. The van der Waals surface area contributed by atoms with Gasteiger partial charge >= 0.3 is 5.97 Å². The first-order chi connectivity index (χ1) is 10.8. The van der Waals surface area contributed by atoms with Crippen LogP contribution in [0.15, 0.2) is 24.3 Å². The predicted molar refractivity (Wildman–Crippen MR) is 85.9 cm³/mol. The molecule has 0 aliphatic heterocycles. The number of aryl methyl sites for hydroxylation is 1. The van der Waals surface area contributed by atoms with Crippen molar-refractivity contribution in [3.05, 3.63) is 29.8 Å². The van der Waals surface area contributed by atoms with Crippen molar-refractivity contribution in [1.82, 2.24) is 0 Å². The predicted octanol–water partition coefficient (Wildman–Crippen LogP) is 1.85. The van der Waals surface area contributed by atoms with E-state index in [2.05, 4.69) is 0 Å². The number of aliphatic carboxylic acids is 1. The highest BCUT2D eigenvalue weighted by atomic mass is 16.4. The van der Waals surface area contributed by atoms with Crippen molar-refractivity contribution in [3.63, 3.8) is 0 Å². The van der Waals surface area contributed by atoms with Crippen LogP contribution in [-0.4, -0.2) is 29.4 Å². The zero-order chi connectivity index (χ0) is 17.0. The Kier molecular flexibility index (Phi) is 5.03. The monoisotopic (exact) mass is 318 g/mol. The molecule has 1 aromatic rings. The van der Waals surface area contributed by atoms with Gasteiger partial charge in [0.2, 0.25) is 11.8 Å². The van der Waals surface area contributed by atoms with Gasteiger partial charge in [-0.25, -0.2) is 0 Å². The summed E-state index contributed by atoms with van der Waals surface area (Å²) >= 11 is 0. The molecule has 23 heavy (non-hydrogen) atoms. The van der Waals surface area contributed by atoms with Crippen LogP contribution in [0.25, 0.3) is 0 Å². The molecule has 1 aromatic carbocycles. The van der Waals surface area contributed by atoms with E-state index in [0.29, 0.717) is 18.5 Å². The van der Waals surface area contributed by atoms with Crippen LogP contribution < -0.4 is 10.6 Å². The highest BCUT2D eigenvalue weighted by Gasteiger charge is 2.46. The van der Waals surface area contributed by atoms with Gasteiger partial charge < -0.3 is 15.7 Å². The van der Waals surface area contributed by atoms with Crippen molar-refractivity contribution < 1.29 is 19.5 Å². The number of amides is 2. The Morgan fingerprint density at radius 2 is 2.00 bits per heavy atom. The van der Waals surface area contributed by atoms with Crippen molar-refractivity contribution in [2.45, 2.75) is 39.0 Å². The molecule has 2 rings (SSSR count). The molecule has 0 aromatic heterocycles. The Balaban J connectivity index is 2.20. The Labute approximate surface area is 135 Å². The maximum absolute atomic E-state index is 12.7. The van der Waals surface area contributed by atoms with E-state index in [0.717, 1.165) is 12.0 Å². The zero-order valence-electron chi connectivity index (χ0n) is 13.2. The van der Waals surface area contributed by atoms with E-state index in [4.69, 9.17) is 5.73 Å². The van der Waals surface area contributed by atoms with E-state index in [1.54, 1.807) is 6.07 Å². The molecule has 6 heteroatoms. The van der Waals surface area contributed by atoms with E-state index >= 15 is 0 Å². The molecule has 124 valence electrons. The van der Waals surface area contributed by atoms with Crippen LogP contribution in [0.4, 0.5) is 5.69 Å². The minimum atomic E-state index is -0.952. The van der Waals surface area contributed by atoms with Gasteiger partial charge in [-0.2, -0.15) is 0 Å². The van der Waals surface area contributed by atoms with Gasteiger partial charge in [-0.05, 0) is 37.5 Å². The molecule has 1 aliphatic carbocycles. The molecule has 0 atom stereocenters. The second kappa shape index (κ2) is 6.81. The number of nitrogens with two attached hydrogens (primary N) is 1. The summed E-state index contributed by atoms with van der Waals surface area (Å²) in [6.45, 7) is 2.07. The van der Waals surface area contributed by atoms with E-state index in [1.165, 1.54) is 4.90 Å². The third-order valence-electron chi connectivity index (χ3n) is 4.45. The summed E-state index contributed by atoms with van der Waals surface area (Å²) in [6, 6.07) is 7.35. The number of carbonyl (C=O) groups is 3. The SMILES string of the molecule is Cc1cccc(N(CCC(N)=O)C(=O)CC2(C(=O)O)CCC2)c1. The lowest BCUT2D eigenvalue weighted by Gasteiger charge is -2.38. The molecule has 0 unspecified atom stereocenters. The van der Waals surface area contributed by atoms with Crippen LogP contribution in [0.5, 0.6) is 0 Å². The lowest BCUT2D eigenvalue weighted by molar-refractivity contribution is -0.157. The van der Waals surface area contributed by atoms with Gasteiger partial charge in [-0.1, -0.05) is 18.6 Å². The summed E-state index contributed by atoms with van der Waals surface area (Å²) < 4.78 is 0.